The second-order valence-corrected chi connectivity index (χ2v) is 7.77. The number of aliphatic hydroxyl groups is 1. The number of piperidine rings is 1. The highest BCUT2D eigenvalue weighted by Gasteiger charge is 2.34. The first-order valence-electron chi connectivity index (χ1n) is 9.90. The van der Waals surface area contributed by atoms with Crippen LogP contribution in [-0.2, 0) is 13.5 Å². The third kappa shape index (κ3) is 3.92. The molecule has 3 heterocycles. The zero-order valence-electron chi connectivity index (χ0n) is 16.3. The summed E-state index contributed by atoms with van der Waals surface area (Å²) in [5, 5.41) is 18.9. The molecule has 0 unspecified atom stereocenters. The summed E-state index contributed by atoms with van der Waals surface area (Å²) in [7, 11) is 1.95. The molecule has 1 aliphatic heterocycles. The van der Waals surface area contributed by atoms with E-state index in [0.717, 1.165) is 56.1 Å². The first-order valence-corrected chi connectivity index (χ1v) is 9.90. The summed E-state index contributed by atoms with van der Waals surface area (Å²) in [5.41, 5.74) is 2.13. The van der Waals surface area contributed by atoms with Gasteiger partial charge in [0.15, 0.2) is 11.6 Å². The predicted octanol–water partition coefficient (Wildman–Crippen LogP) is 3.09. The molecule has 0 spiro atoms. The Morgan fingerprint density at radius 2 is 1.82 bits per heavy atom. The van der Waals surface area contributed by atoms with Gasteiger partial charge in [0.1, 0.15) is 5.69 Å². The summed E-state index contributed by atoms with van der Waals surface area (Å²) in [4.78, 5) is 6.59. The van der Waals surface area contributed by atoms with Crippen LogP contribution in [0.15, 0.2) is 54.9 Å². The molecule has 1 saturated heterocycles. The molecule has 1 N–H and O–H groups in total. The fraction of sp³-hybridized carbons (Fsp3) is 0.409. The molecule has 1 aliphatic rings. The maximum atomic E-state index is 10.1. The minimum absolute atomic E-state index is 0.00662. The van der Waals surface area contributed by atoms with Crippen LogP contribution in [0.4, 0.5) is 5.82 Å². The van der Waals surface area contributed by atoms with Gasteiger partial charge in [-0.2, -0.15) is 0 Å². The van der Waals surface area contributed by atoms with Crippen molar-refractivity contribution in [2.75, 3.05) is 24.6 Å². The SMILES string of the molecule is Cn1ccnc1-c1ccc(N2CCC(CO)(CCc3ccccc3)CC2)nn1. The molecule has 146 valence electrons. The smallest absolute Gasteiger partial charge is 0.160 e. The van der Waals surface area contributed by atoms with E-state index < -0.39 is 0 Å². The molecule has 28 heavy (non-hydrogen) atoms. The highest BCUT2D eigenvalue weighted by Crippen LogP contribution is 2.36. The van der Waals surface area contributed by atoms with Crippen LogP contribution in [0.2, 0.25) is 0 Å². The Balaban J connectivity index is 1.38. The minimum Gasteiger partial charge on any atom is -0.396 e. The van der Waals surface area contributed by atoms with Crippen LogP contribution in [0.3, 0.4) is 0 Å². The third-order valence-electron chi connectivity index (χ3n) is 5.97. The van der Waals surface area contributed by atoms with Gasteiger partial charge >= 0.3 is 0 Å². The Bertz CT molecular complexity index is 883. The Hall–Kier alpha value is -2.73. The van der Waals surface area contributed by atoms with Gasteiger partial charge in [0.2, 0.25) is 0 Å². The minimum atomic E-state index is 0.00662. The van der Waals surface area contributed by atoms with Crippen LogP contribution in [0.5, 0.6) is 0 Å². The first-order chi connectivity index (χ1) is 13.7. The third-order valence-corrected chi connectivity index (χ3v) is 5.97. The van der Waals surface area contributed by atoms with Crippen molar-refractivity contribution in [1.82, 2.24) is 19.7 Å². The molecule has 0 aliphatic carbocycles. The normalized spacial score (nSPS) is 16.3. The van der Waals surface area contributed by atoms with E-state index in [4.69, 9.17) is 0 Å². The number of rotatable bonds is 6. The standard InChI is InChI=1S/C22H27N5O/c1-26-16-13-23-21(26)19-7-8-20(25-24-19)27-14-11-22(17-28,12-15-27)10-9-18-5-3-2-4-6-18/h2-8,13,16,28H,9-12,14-15,17H2,1H3. The Labute approximate surface area is 165 Å². The Morgan fingerprint density at radius 3 is 2.43 bits per heavy atom. The van der Waals surface area contributed by atoms with Crippen LogP contribution >= 0.6 is 0 Å². The van der Waals surface area contributed by atoms with E-state index in [1.807, 2.05) is 36.0 Å². The molecule has 4 rings (SSSR count). The lowest BCUT2D eigenvalue weighted by Gasteiger charge is -2.41. The predicted molar refractivity (Wildman–Crippen MR) is 110 cm³/mol. The highest BCUT2D eigenvalue weighted by molar-refractivity contribution is 5.51. The van der Waals surface area contributed by atoms with E-state index in [-0.39, 0.29) is 12.0 Å². The molecule has 6 heteroatoms. The Kier molecular flexibility index (Phi) is 5.39. The van der Waals surface area contributed by atoms with Gasteiger partial charge < -0.3 is 14.6 Å². The summed E-state index contributed by atoms with van der Waals surface area (Å²) in [6.45, 7) is 2.04. The van der Waals surface area contributed by atoms with E-state index in [0.29, 0.717) is 0 Å². The molecule has 0 bridgehead atoms. The summed E-state index contributed by atoms with van der Waals surface area (Å²) in [6.07, 6.45) is 7.64. The molecule has 6 nitrogen and oxygen atoms in total. The molecule has 1 aromatic carbocycles. The van der Waals surface area contributed by atoms with Crippen molar-refractivity contribution >= 4 is 5.82 Å². The highest BCUT2D eigenvalue weighted by atomic mass is 16.3. The summed E-state index contributed by atoms with van der Waals surface area (Å²) >= 11 is 0. The van der Waals surface area contributed by atoms with Gasteiger partial charge in [-0.05, 0) is 48.8 Å². The van der Waals surface area contributed by atoms with Gasteiger partial charge in [0, 0.05) is 39.1 Å². The lowest BCUT2D eigenvalue weighted by Crippen LogP contribution is -2.42. The molecular weight excluding hydrogens is 350 g/mol. The van der Waals surface area contributed by atoms with Gasteiger partial charge in [-0.25, -0.2) is 4.98 Å². The monoisotopic (exact) mass is 377 g/mol. The second-order valence-electron chi connectivity index (χ2n) is 7.77. The van der Waals surface area contributed by atoms with Crippen molar-refractivity contribution < 1.29 is 5.11 Å². The fourth-order valence-corrected chi connectivity index (χ4v) is 3.98. The van der Waals surface area contributed by atoms with E-state index in [2.05, 4.69) is 44.3 Å². The lowest BCUT2D eigenvalue weighted by atomic mass is 9.75. The van der Waals surface area contributed by atoms with Crippen molar-refractivity contribution in [2.45, 2.75) is 25.7 Å². The topological polar surface area (TPSA) is 67.1 Å². The molecule has 0 amide bonds. The first kappa shape index (κ1) is 18.6. The van der Waals surface area contributed by atoms with Crippen molar-refractivity contribution in [2.24, 2.45) is 12.5 Å². The molecule has 0 radical (unpaired) electrons. The van der Waals surface area contributed by atoms with Crippen molar-refractivity contribution in [3.63, 3.8) is 0 Å². The summed E-state index contributed by atoms with van der Waals surface area (Å²) in [6, 6.07) is 14.5. The molecule has 0 saturated carbocycles. The average Bonchev–Trinajstić information content (AvgIpc) is 3.19. The number of hydrogen-bond acceptors (Lipinski definition) is 5. The number of anilines is 1. The molecular formula is C22H27N5O. The average molecular weight is 377 g/mol. The maximum Gasteiger partial charge on any atom is 0.160 e. The molecule has 1 fully saturated rings. The van der Waals surface area contributed by atoms with E-state index >= 15 is 0 Å². The number of aliphatic hydroxyl groups excluding tert-OH is 1. The van der Waals surface area contributed by atoms with E-state index in [1.54, 1.807) is 6.20 Å². The van der Waals surface area contributed by atoms with Gasteiger partial charge in [-0.15, -0.1) is 10.2 Å². The van der Waals surface area contributed by atoms with Crippen LogP contribution in [0.25, 0.3) is 11.5 Å². The molecule has 0 atom stereocenters. The lowest BCUT2D eigenvalue weighted by molar-refractivity contribution is 0.0872. The van der Waals surface area contributed by atoms with Gasteiger partial charge in [-0.1, -0.05) is 30.3 Å². The van der Waals surface area contributed by atoms with Crippen molar-refractivity contribution in [3.8, 4) is 11.5 Å². The zero-order valence-corrected chi connectivity index (χ0v) is 16.3. The number of aryl methyl sites for hydroxylation is 2. The fourth-order valence-electron chi connectivity index (χ4n) is 3.98. The largest absolute Gasteiger partial charge is 0.396 e. The summed E-state index contributed by atoms with van der Waals surface area (Å²) < 4.78 is 1.94. The summed E-state index contributed by atoms with van der Waals surface area (Å²) in [5.74, 6) is 1.71. The second kappa shape index (κ2) is 8.10. The van der Waals surface area contributed by atoms with Gasteiger partial charge in [0.05, 0.1) is 0 Å². The number of nitrogens with zero attached hydrogens (tertiary/aromatic N) is 5. The number of aromatic nitrogens is 4. The zero-order chi connectivity index (χ0) is 19.4. The number of hydrogen-bond donors (Lipinski definition) is 1. The van der Waals surface area contributed by atoms with Crippen molar-refractivity contribution in [3.05, 3.63) is 60.4 Å². The molecule has 3 aromatic rings. The van der Waals surface area contributed by atoms with E-state index in [1.165, 1.54) is 5.56 Å². The van der Waals surface area contributed by atoms with Crippen LogP contribution < -0.4 is 4.90 Å². The van der Waals surface area contributed by atoms with Crippen LogP contribution in [0.1, 0.15) is 24.8 Å². The maximum absolute atomic E-state index is 10.1. The van der Waals surface area contributed by atoms with Gasteiger partial charge in [-0.3, -0.25) is 0 Å². The van der Waals surface area contributed by atoms with Crippen molar-refractivity contribution in [1.29, 1.82) is 0 Å². The molecule has 2 aromatic heterocycles. The van der Waals surface area contributed by atoms with E-state index in [9.17, 15) is 5.11 Å². The Morgan fingerprint density at radius 1 is 1.04 bits per heavy atom. The quantitative estimate of drug-likeness (QED) is 0.715. The van der Waals surface area contributed by atoms with Gasteiger partial charge in [0.25, 0.3) is 0 Å². The van der Waals surface area contributed by atoms with Crippen LogP contribution in [-0.4, -0.2) is 44.6 Å². The number of imidazole rings is 1. The van der Waals surface area contributed by atoms with Crippen LogP contribution in [0, 0.1) is 5.41 Å². The number of benzene rings is 1.